The zero-order chi connectivity index (χ0) is 12.2. The minimum atomic E-state index is 0.750. The van der Waals surface area contributed by atoms with Crippen molar-refractivity contribution in [2.45, 2.75) is 66.2 Å². The Labute approximate surface area is 102 Å². The van der Waals surface area contributed by atoms with Crippen LogP contribution in [0.4, 0.5) is 0 Å². The maximum atomic E-state index is 3.19. The molecule has 2 aliphatic carbocycles. The van der Waals surface area contributed by atoms with Gasteiger partial charge in [-0.25, -0.2) is 0 Å². The average molecular weight is 218 g/mol. The largest absolute Gasteiger partial charge is 0.106 e. The smallest absolute Gasteiger partial charge is 0.0203 e. The van der Waals surface area contributed by atoms with Gasteiger partial charge in [0, 0.05) is 11.8 Å². The molecule has 0 saturated heterocycles. The molecule has 0 atom stereocenters. The van der Waals surface area contributed by atoms with Crippen LogP contribution < -0.4 is 0 Å². The molecule has 0 nitrogen and oxygen atoms in total. The van der Waals surface area contributed by atoms with E-state index < -0.39 is 0 Å². The van der Waals surface area contributed by atoms with Crippen LogP contribution in [0.15, 0.2) is 0 Å². The van der Waals surface area contributed by atoms with Crippen LogP contribution in [0, 0.1) is 35.5 Å². The highest BCUT2D eigenvalue weighted by atomic mass is 14.2. The van der Waals surface area contributed by atoms with Crippen molar-refractivity contribution in [1.82, 2.24) is 0 Å². The number of rotatable bonds is 0. The highest BCUT2D eigenvalue weighted by molar-refractivity contribution is 5.06. The van der Waals surface area contributed by atoms with Crippen LogP contribution in [0.3, 0.4) is 0 Å². The Balaban J connectivity index is 0.000000251. The summed E-state index contributed by atoms with van der Waals surface area (Å²) < 4.78 is 0. The normalized spacial score (nSPS) is 17.5. The summed E-state index contributed by atoms with van der Waals surface area (Å²) in [6.45, 7) is 7.83. The molecule has 0 N–H and O–H groups in total. The summed E-state index contributed by atoms with van der Waals surface area (Å²) in [5.74, 6) is 13.6. The Morgan fingerprint density at radius 2 is 1.06 bits per heavy atom. The van der Waals surface area contributed by atoms with Gasteiger partial charge in [-0.3, -0.25) is 0 Å². The first-order valence-electron chi connectivity index (χ1n) is 6.71. The van der Waals surface area contributed by atoms with Gasteiger partial charge in [-0.15, -0.1) is 23.7 Å². The monoisotopic (exact) mass is 218 g/mol. The third-order valence-corrected chi connectivity index (χ3v) is 2.63. The molecule has 0 aromatic heterocycles. The third kappa shape index (κ3) is 8.43. The third-order valence-electron chi connectivity index (χ3n) is 2.63. The van der Waals surface area contributed by atoms with Crippen molar-refractivity contribution < 1.29 is 0 Å². The molecular formula is C16H26. The zero-order valence-electron chi connectivity index (χ0n) is 11.4. The number of hydrogen-bond acceptors (Lipinski definition) is 0. The molecule has 2 aliphatic rings. The molecule has 90 valence electrons. The van der Waals surface area contributed by atoms with Gasteiger partial charge in [-0.2, -0.15) is 0 Å². The SMILES string of the molecule is CC.CC#CC1CC1.CC#CC1CCCC1. The Hall–Kier alpha value is -0.880. The minimum absolute atomic E-state index is 0.750. The van der Waals surface area contributed by atoms with E-state index in [0.717, 1.165) is 11.8 Å². The molecule has 0 bridgehead atoms. The summed E-state index contributed by atoms with van der Waals surface area (Å²) in [6, 6.07) is 0. The van der Waals surface area contributed by atoms with E-state index in [1.54, 1.807) is 0 Å². The topological polar surface area (TPSA) is 0 Å². The zero-order valence-corrected chi connectivity index (χ0v) is 11.4. The van der Waals surface area contributed by atoms with Gasteiger partial charge in [0.15, 0.2) is 0 Å². The van der Waals surface area contributed by atoms with E-state index in [-0.39, 0.29) is 0 Å². The first-order valence-corrected chi connectivity index (χ1v) is 6.71. The second-order valence-electron chi connectivity index (χ2n) is 4.04. The van der Waals surface area contributed by atoms with E-state index in [2.05, 4.69) is 23.7 Å². The lowest BCUT2D eigenvalue weighted by atomic mass is 10.1. The van der Waals surface area contributed by atoms with E-state index in [4.69, 9.17) is 0 Å². The van der Waals surface area contributed by atoms with Crippen molar-refractivity contribution in [3.63, 3.8) is 0 Å². The van der Waals surface area contributed by atoms with Crippen molar-refractivity contribution in [2.75, 3.05) is 0 Å². The number of hydrogen-bond donors (Lipinski definition) is 0. The first kappa shape index (κ1) is 15.1. The maximum Gasteiger partial charge on any atom is 0.0203 e. The van der Waals surface area contributed by atoms with E-state index in [9.17, 15) is 0 Å². The Bertz CT molecular complexity index is 256. The van der Waals surface area contributed by atoms with E-state index >= 15 is 0 Å². The summed E-state index contributed by atoms with van der Waals surface area (Å²) in [5.41, 5.74) is 0. The van der Waals surface area contributed by atoms with E-state index in [1.807, 2.05) is 27.7 Å². The van der Waals surface area contributed by atoms with Crippen molar-refractivity contribution in [3.8, 4) is 23.7 Å². The lowest BCUT2D eigenvalue weighted by Gasteiger charge is -1.92. The van der Waals surface area contributed by atoms with Crippen LogP contribution in [0.5, 0.6) is 0 Å². The molecule has 0 spiro atoms. The Kier molecular flexibility index (Phi) is 10.0. The summed E-state index contributed by atoms with van der Waals surface area (Å²) >= 11 is 0. The van der Waals surface area contributed by atoms with Crippen molar-refractivity contribution in [2.24, 2.45) is 11.8 Å². The molecule has 0 unspecified atom stereocenters. The fraction of sp³-hybridized carbons (Fsp3) is 0.750. The fourth-order valence-electron chi connectivity index (χ4n) is 1.71. The molecule has 0 aliphatic heterocycles. The minimum Gasteiger partial charge on any atom is -0.106 e. The van der Waals surface area contributed by atoms with Gasteiger partial charge in [0.25, 0.3) is 0 Å². The van der Waals surface area contributed by atoms with Crippen LogP contribution in [0.25, 0.3) is 0 Å². The van der Waals surface area contributed by atoms with E-state index in [0.29, 0.717) is 0 Å². The predicted molar refractivity (Wildman–Crippen MR) is 72.9 cm³/mol. The van der Waals surface area contributed by atoms with Crippen LogP contribution in [-0.2, 0) is 0 Å². The summed E-state index contributed by atoms with van der Waals surface area (Å²) in [7, 11) is 0. The Morgan fingerprint density at radius 3 is 1.38 bits per heavy atom. The van der Waals surface area contributed by atoms with E-state index in [1.165, 1.54) is 38.5 Å². The van der Waals surface area contributed by atoms with Crippen LogP contribution in [0.2, 0.25) is 0 Å². The summed E-state index contributed by atoms with van der Waals surface area (Å²) in [4.78, 5) is 0. The molecule has 16 heavy (non-hydrogen) atoms. The van der Waals surface area contributed by atoms with Crippen molar-refractivity contribution >= 4 is 0 Å². The molecule has 2 fully saturated rings. The van der Waals surface area contributed by atoms with Gasteiger partial charge in [0.05, 0.1) is 0 Å². The van der Waals surface area contributed by atoms with Gasteiger partial charge < -0.3 is 0 Å². The molecule has 0 amide bonds. The molecule has 2 rings (SSSR count). The van der Waals surface area contributed by atoms with Crippen LogP contribution in [0.1, 0.15) is 66.2 Å². The molecular weight excluding hydrogens is 192 g/mol. The van der Waals surface area contributed by atoms with Gasteiger partial charge in [-0.1, -0.05) is 26.7 Å². The maximum absolute atomic E-state index is 3.19. The second kappa shape index (κ2) is 10.6. The van der Waals surface area contributed by atoms with Crippen molar-refractivity contribution in [1.29, 1.82) is 0 Å². The second-order valence-corrected chi connectivity index (χ2v) is 4.04. The highest BCUT2D eigenvalue weighted by Crippen LogP contribution is 2.27. The predicted octanol–water partition coefficient (Wildman–Crippen LogP) is 4.65. The first-order chi connectivity index (χ1) is 7.86. The van der Waals surface area contributed by atoms with Crippen LogP contribution in [-0.4, -0.2) is 0 Å². The quantitative estimate of drug-likeness (QED) is 0.519. The molecule has 0 aromatic rings. The van der Waals surface area contributed by atoms with Gasteiger partial charge in [-0.05, 0) is 39.5 Å². The molecule has 0 radical (unpaired) electrons. The standard InChI is InChI=1S/C8H12.C6H8.C2H6/c1-2-5-8-6-3-4-7-8;1-2-3-6-4-5-6;1-2/h8H,3-4,6-7H2,1H3;6H,4-5H2,1H3;1-2H3. The fourth-order valence-corrected chi connectivity index (χ4v) is 1.71. The van der Waals surface area contributed by atoms with Crippen LogP contribution >= 0.6 is 0 Å². The van der Waals surface area contributed by atoms with Gasteiger partial charge >= 0.3 is 0 Å². The van der Waals surface area contributed by atoms with Crippen molar-refractivity contribution in [3.05, 3.63) is 0 Å². The molecule has 0 heterocycles. The lowest BCUT2D eigenvalue weighted by molar-refractivity contribution is 0.712. The molecule has 2 saturated carbocycles. The summed E-state index contributed by atoms with van der Waals surface area (Å²) in [6.07, 6.45) is 8.20. The Morgan fingerprint density at radius 1 is 0.688 bits per heavy atom. The van der Waals surface area contributed by atoms with Gasteiger partial charge in [0.2, 0.25) is 0 Å². The van der Waals surface area contributed by atoms with Gasteiger partial charge in [0.1, 0.15) is 0 Å². The lowest BCUT2D eigenvalue weighted by Crippen LogP contribution is -1.84. The average Bonchev–Trinajstić information content (AvgIpc) is 2.98. The molecule has 0 aromatic carbocycles. The molecule has 0 heteroatoms. The highest BCUT2D eigenvalue weighted by Gasteiger charge is 2.17. The summed E-state index contributed by atoms with van der Waals surface area (Å²) in [5, 5.41) is 0.